The molecule has 0 saturated carbocycles. The Balaban J connectivity index is 1.96. The highest BCUT2D eigenvalue weighted by atomic mass is 32.2. The number of amides is 1. The van der Waals surface area contributed by atoms with Gasteiger partial charge >= 0.3 is 0 Å². The molecule has 8 heteroatoms. The smallest absolute Gasteiger partial charge is 0.238 e. The lowest BCUT2D eigenvalue weighted by Crippen LogP contribution is -2.45. The van der Waals surface area contributed by atoms with Crippen LogP contribution in [0.4, 0.5) is 0 Å². The quantitative estimate of drug-likeness (QED) is 0.522. The Kier molecular flexibility index (Phi) is 4.82. The first-order chi connectivity index (χ1) is 10.3. The molecule has 1 amide bonds. The number of hydrogen-bond donors (Lipinski definition) is 3. The van der Waals surface area contributed by atoms with E-state index in [-0.39, 0.29) is 11.7 Å². The van der Waals surface area contributed by atoms with Crippen molar-refractivity contribution in [3.05, 3.63) is 35.4 Å². The van der Waals surface area contributed by atoms with Crippen molar-refractivity contribution < 1.29 is 13.2 Å². The lowest BCUT2D eigenvalue weighted by molar-refractivity contribution is -0.124. The summed E-state index contributed by atoms with van der Waals surface area (Å²) >= 11 is 0. The number of hydrogen-bond acceptors (Lipinski definition) is 4. The number of benzene rings is 1. The van der Waals surface area contributed by atoms with E-state index in [0.29, 0.717) is 31.5 Å². The fourth-order valence-corrected chi connectivity index (χ4v) is 3.63. The van der Waals surface area contributed by atoms with Crippen molar-refractivity contribution in [2.45, 2.75) is 25.4 Å². The van der Waals surface area contributed by atoms with Gasteiger partial charge in [-0.1, -0.05) is 24.3 Å². The Bertz CT molecular complexity index is 670. The van der Waals surface area contributed by atoms with Gasteiger partial charge in [-0.2, -0.15) is 4.31 Å². The third-order valence-corrected chi connectivity index (χ3v) is 4.95. The van der Waals surface area contributed by atoms with Gasteiger partial charge in [0.1, 0.15) is 11.9 Å². The van der Waals surface area contributed by atoms with E-state index in [9.17, 15) is 13.2 Å². The van der Waals surface area contributed by atoms with Crippen LogP contribution in [0.2, 0.25) is 0 Å². The van der Waals surface area contributed by atoms with E-state index in [2.05, 4.69) is 5.32 Å². The van der Waals surface area contributed by atoms with Crippen LogP contribution in [0.3, 0.4) is 0 Å². The van der Waals surface area contributed by atoms with Gasteiger partial charge in [0.2, 0.25) is 15.9 Å². The van der Waals surface area contributed by atoms with E-state index >= 15 is 0 Å². The Morgan fingerprint density at radius 1 is 1.41 bits per heavy atom. The van der Waals surface area contributed by atoms with Crippen LogP contribution < -0.4 is 11.1 Å². The molecule has 1 aliphatic heterocycles. The molecule has 0 spiro atoms. The van der Waals surface area contributed by atoms with Crippen molar-refractivity contribution in [2.75, 3.05) is 12.8 Å². The van der Waals surface area contributed by atoms with Gasteiger partial charge in [0, 0.05) is 18.7 Å². The van der Waals surface area contributed by atoms with Crippen LogP contribution >= 0.6 is 0 Å². The standard InChI is InChI=1S/C14H20N4O3S/c1-22(20,21)18-8-2-3-12(18)14(19)17-9-10-4-6-11(7-5-10)13(15)16/h4-7,12H,2-3,8-9H2,1H3,(H3,15,16)(H,17,19)/t12-/m0/s1. The van der Waals surface area contributed by atoms with Gasteiger partial charge in [0.05, 0.1) is 6.26 Å². The number of carbonyl (C=O) groups excluding carboxylic acids is 1. The lowest BCUT2D eigenvalue weighted by Gasteiger charge is -2.21. The molecule has 1 fully saturated rings. The summed E-state index contributed by atoms with van der Waals surface area (Å²) in [4.78, 5) is 12.2. The summed E-state index contributed by atoms with van der Waals surface area (Å²) in [5, 5.41) is 10.1. The number of nitrogens with one attached hydrogen (secondary N) is 2. The number of carbonyl (C=O) groups is 1. The predicted octanol–water partition coefficient (Wildman–Crippen LogP) is 0.0109. The fraction of sp³-hybridized carbons (Fsp3) is 0.429. The molecular weight excluding hydrogens is 304 g/mol. The highest BCUT2D eigenvalue weighted by Crippen LogP contribution is 2.20. The van der Waals surface area contributed by atoms with Gasteiger partial charge in [0.15, 0.2) is 0 Å². The van der Waals surface area contributed by atoms with E-state index in [4.69, 9.17) is 11.1 Å². The molecule has 0 unspecified atom stereocenters. The summed E-state index contributed by atoms with van der Waals surface area (Å²) in [6, 6.07) is 6.36. The molecule has 22 heavy (non-hydrogen) atoms. The molecule has 1 saturated heterocycles. The molecule has 0 bridgehead atoms. The molecule has 0 aromatic heterocycles. The zero-order valence-electron chi connectivity index (χ0n) is 12.4. The first-order valence-corrected chi connectivity index (χ1v) is 8.82. The Morgan fingerprint density at radius 2 is 2.05 bits per heavy atom. The van der Waals surface area contributed by atoms with Crippen molar-refractivity contribution in [3.63, 3.8) is 0 Å². The monoisotopic (exact) mass is 324 g/mol. The van der Waals surface area contributed by atoms with Gasteiger partial charge in [0.25, 0.3) is 0 Å². The Hall–Kier alpha value is -1.93. The fourth-order valence-electron chi connectivity index (χ4n) is 2.51. The van der Waals surface area contributed by atoms with Crippen LogP contribution in [0, 0.1) is 5.41 Å². The van der Waals surface area contributed by atoms with Crippen LogP contribution in [0.15, 0.2) is 24.3 Å². The minimum absolute atomic E-state index is 0.00895. The zero-order valence-corrected chi connectivity index (χ0v) is 13.2. The van der Waals surface area contributed by atoms with Gasteiger partial charge in [-0.25, -0.2) is 8.42 Å². The number of nitrogens with two attached hydrogens (primary N) is 1. The normalized spacial score (nSPS) is 19.0. The minimum atomic E-state index is -3.36. The van der Waals surface area contributed by atoms with Crippen LogP contribution in [-0.2, 0) is 21.4 Å². The topological polar surface area (TPSA) is 116 Å². The summed E-state index contributed by atoms with van der Waals surface area (Å²) in [7, 11) is -3.36. The Labute approximate surface area is 130 Å². The van der Waals surface area contributed by atoms with Crippen molar-refractivity contribution >= 4 is 21.8 Å². The molecule has 1 aromatic carbocycles. The van der Waals surface area contributed by atoms with Crippen molar-refractivity contribution in [1.82, 2.24) is 9.62 Å². The molecule has 1 aromatic rings. The van der Waals surface area contributed by atoms with E-state index in [1.54, 1.807) is 24.3 Å². The highest BCUT2D eigenvalue weighted by Gasteiger charge is 2.36. The minimum Gasteiger partial charge on any atom is -0.384 e. The molecule has 2 rings (SSSR count). The number of nitrogen functional groups attached to an aromatic ring is 1. The first-order valence-electron chi connectivity index (χ1n) is 6.97. The van der Waals surface area contributed by atoms with Crippen LogP contribution in [0.1, 0.15) is 24.0 Å². The molecule has 0 aliphatic carbocycles. The third kappa shape index (κ3) is 3.83. The SMILES string of the molecule is CS(=O)(=O)N1CCC[C@H]1C(=O)NCc1ccc(C(=N)N)cc1. The first kappa shape index (κ1) is 16.4. The number of amidine groups is 1. The summed E-state index contributed by atoms with van der Waals surface area (Å²) in [5.74, 6) is -0.288. The maximum atomic E-state index is 12.2. The van der Waals surface area contributed by atoms with Crippen LogP contribution in [0.5, 0.6) is 0 Å². The second kappa shape index (κ2) is 6.45. The second-order valence-electron chi connectivity index (χ2n) is 5.36. The summed E-state index contributed by atoms with van der Waals surface area (Å²) in [6.45, 7) is 0.704. The maximum absolute atomic E-state index is 12.2. The molecular formula is C14H20N4O3S. The van der Waals surface area contributed by atoms with Gasteiger partial charge in [-0.3, -0.25) is 10.2 Å². The van der Waals surface area contributed by atoms with Gasteiger partial charge in [-0.05, 0) is 18.4 Å². The molecule has 0 radical (unpaired) electrons. The largest absolute Gasteiger partial charge is 0.384 e. The van der Waals surface area contributed by atoms with Crippen LogP contribution in [0.25, 0.3) is 0 Å². The number of sulfonamides is 1. The maximum Gasteiger partial charge on any atom is 0.238 e. The third-order valence-electron chi connectivity index (χ3n) is 3.66. The van der Waals surface area contributed by atoms with E-state index in [1.165, 1.54) is 4.31 Å². The summed E-state index contributed by atoms with van der Waals surface area (Å²) in [5.41, 5.74) is 6.86. The predicted molar refractivity (Wildman–Crippen MR) is 83.9 cm³/mol. The summed E-state index contributed by atoms with van der Waals surface area (Å²) in [6.07, 6.45) is 2.36. The van der Waals surface area contributed by atoms with Crippen molar-refractivity contribution in [3.8, 4) is 0 Å². The zero-order chi connectivity index (χ0) is 16.3. The highest BCUT2D eigenvalue weighted by molar-refractivity contribution is 7.88. The average Bonchev–Trinajstić information content (AvgIpc) is 2.94. The molecule has 120 valence electrons. The van der Waals surface area contributed by atoms with Crippen molar-refractivity contribution in [1.29, 1.82) is 5.41 Å². The van der Waals surface area contributed by atoms with Crippen molar-refractivity contribution in [2.24, 2.45) is 5.73 Å². The molecule has 1 heterocycles. The van der Waals surface area contributed by atoms with E-state index in [1.807, 2.05) is 0 Å². The van der Waals surface area contributed by atoms with Gasteiger partial charge < -0.3 is 11.1 Å². The van der Waals surface area contributed by atoms with E-state index < -0.39 is 16.1 Å². The summed E-state index contributed by atoms with van der Waals surface area (Å²) < 4.78 is 24.5. The molecule has 4 N–H and O–H groups in total. The van der Waals surface area contributed by atoms with E-state index in [0.717, 1.165) is 11.8 Å². The van der Waals surface area contributed by atoms with Gasteiger partial charge in [-0.15, -0.1) is 0 Å². The second-order valence-corrected chi connectivity index (χ2v) is 7.30. The average molecular weight is 324 g/mol. The number of nitrogens with zero attached hydrogens (tertiary/aromatic N) is 1. The number of rotatable bonds is 5. The van der Waals surface area contributed by atoms with Crippen LogP contribution in [-0.4, -0.2) is 43.3 Å². The molecule has 1 atom stereocenters. The lowest BCUT2D eigenvalue weighted by atomic mass is 10.1. The molecule has 1 aliphatic rings. The molecule has 7 nitrogen and oxygen atoms in total. The Morgan fingerprint density at radius 3 is 2.59 bits per heavy atom.